The number of nitrogens with one attached hydrogen (secondary N) is 1. The number of rotatable bonds is 4. The van der Waals surface area contributed by atoms with Crippen LogP contribution in [0.25, 0.3) is 0 Å². The van der Waals surface area contributed by atoms with E-state index in [2.05, 4.69) is 5.32 Å². The summed E-state index contributed by atoms with van der Waals surface area (Å²) in [6.45, 7) is 1.89. The van der Waals surface area contributed by atoms with Gasteiger partial charge in [0.1, 0.15) is 6.04 Å². The highest BCUT2D eigenvalue weighted by Gasteiger charge is 2.21. The van der Waals surface area contributed by atoms with Gasteiger partial charge < -0.3 is 15.3 Å². The van der Waals surface area contributed by atoms with E-state index in [0.717, 1.165) is 9.78 Å². The number of hydrogen-bond acceptors (Lipinski definition) is 3. The first-order valence-corrected chi connectivity index (χ1v) is 5.66. The number of aliphatic carboxylic acids is 1. The molecule has 2 amide bonds. The van der Waals surface area contributed by atoms with E-state index in [4.69, 9.17) is 5.11 Å². The summed E-state index contributed by atoms with van der Waals surface area (Å²) in [4.78, 5) is 24.4. The summed E-state index contributed by atoms with van der Waals surface area (Å²) in [6, 6.07) is 2.59. The molecule has 2 N–H and O–H groups in total. The minimum absolute atomic E-state index is 0.386. The lowest BCUT2D eigenvalue weighted by Gasteiger charge is -2.21. The minimum Gasteiger partial charge on any atom is -0.480 e. The number of nitrogens with zero attached hydrogens (tertiary/aromatic N) is 1. The number of carboxylic acids is 1. The quantitative estimate of drug-likeness (QED) is 0.837. The van der Waals surface area contributed by atoms with Crippen LogP contribution in [0.3, 0.4) is 0 Å². The maximum absolute atomic E-state index is 11.5. The van der Waals surface area contributed by atoms with Crippen molar-refractivity contribution < 1.29 is 14.7 Å². The first-order valence-electron chi connectivity index (χ1n) is 4.78. The molecule has 5 nitrogen and oxygen atoms in total. The summed E-state index contributed by atoms with van der Waals surface area (Å²) >= 11 is 1.54. The Morgan fingerprint density at radius 2 is 2.31 bits per heavy atom. The molecular formula is C10H14N2O3S. The lowest BCUT2D eigenvalue weighted by molar-refractivity contribution is -0.141. The van der Waals surface area contributed by atoms with E-state index in [9.17, 15) is 9.59 Å². The molecule has 0 aromatic carbocycles. The molecule has 1 atom stereocenters. The Hall–Kier alpha value is -1.56. The molecule has 16 heavy (non-hydrogen) atoms. The van der Waals surface area contributed by atoms with Gasteiger partial charge in [0.2, 0.25) is 0 Å². The molecule has 1 unspecified atom stereocenters. The number of thiophene rings is 1. The van der Waals surface area contributed by atoms with Crippen LogP contribution in [0, 0.1) is 0 Å². The normalized spacial score (nSPS) is 11.9. The Labute approximate surface area is 97.7 Å². The van der Waals surface area contributed by atoms with Gasteiger partial charge in [0, 0.05) is 11.9 Å². The van der Waals surface area contributed by atoms with Crippen LogP contribution in [0.4, 0.5) is 4.79 Å². The summed E-state index contributed by atoms with van der Waals surface area (Å²) in [5.74, 6) is -1.02. The topological polar surface area (TPSA) is 69.6 Å². The molecule has 1 aromatic rings. The summed E-state index contributed by atoms with van der Waals surface area (Å²) in [5, 5.41) is 13.3. The van der Waals surface area contributed by atoms with Crippen LogP contribution in [0.1, 0.15) is 11.8 Å². The number of carbonyl (C=O) groups excluding carboxylic acids is 1. The van der Waals surface area contributed by atoms with Gasteiger partial charge in [0.25, 0.3) is 0 Å². The van der Waals surface area contributed by atoms with Crippen molar-refractivity contribution in [1.29, 1.82) is 0 Å². The first-order chi connectivity index (χ1) is 7.52. The van der Waals surface area contributed by atoms with Gasteiger partial charge in [-0.15, -0.1) is 11.3 Å². The van der Waals surface area contributed by atoms with E-state index in [1.807, 2.05) is 17.5 Å². The summed E-state index contributed by atoms with van der Waals surface area (Å²) < 4.78 is 0. The van der Waals surface area contributed by atoms with Gasteiger partial charge in [-0.05, 0) is 18.4 Å². The summed E-state index contributed by atoms with van der Waals surface area (Å²) in [6.07, 6.45) is 0. The van der Waals surface area contributed by atoms with Crippen molar-refractivity contribution >= 4 is 23.3 Å². The van der Waals surface area contributed by atoms with Crippen molar-refractivity contribution in [3.63, 3.8) is 0 Å². The molecule has 0 aliphatic rings. The Kier molecular flexibility index (Phi) is 4.30. The smallest absolute Gasteiger partial charge is 0.326 e. The molecule has 0 aliphatic heterocycles. The second-order valence-electron chi connectivity index (χ2n) is 3.36. The third-order valence-electron chi connectivity index (χ3n) is 2.25. The molecule has 0 spiro atoms. The zero-order valence-corrected chi connectivity index (χ0v) is 9.95. The van der Waals surface area contributed by atoms with Crippen molar-refractivity contribution in [1.82, 2.24) is 10.2 Å². The lowest BCUT2D eigenvalue weighted by Crippen LogP contribution is -2.45. The molecule has 88 valence electrons. The third kappa shape index (κ3) is 3.23. The van der Waals surface area contributed by atoms with Crippen molar-refractivity contribution in [2.45, 2.75) is 19.5 Å². The lowest BCUT2D eigenvalue weighted by atomic mass is 10.3. The zero-order valence-electron chi connectivity index (χ0n) is 9.14. The molecule has 0 aliphatic carbocycles. The van der Waals surface area contributed by atoms with Crippen LogP contribution in [-0.2, 0) is 11.3 Å². The van der Waals surface area contributed by atoms with Crippen LogP contribution in [0.5, 0.6) is 0 Å². The van der Waals surface area contributed by atoms with Gasteiger partial charge in [0.05, 0.1) is 6.54 Å². The fourth-order valence-electron chi connectivity index (χ4n) is 1.04. The third-order valence-corrected chi connectivity index (χ3v) is 3.13. The van der Waals surface area contributed by atoms with E-state index < -0.39 is 12.0 Å². The van der Waals surface area contributed by atoms with Gasteiger partial charge in [-0.2, -0.15) is 0 Å². The molecule has 1 aromatic heterocycles. The minimum atomic E-state index is -1.02. The average Bonchev–Trinajstić information content (AvgIpc) is 2.76. The fraction of sp³-hybridized carbons (Fsp3) is 0.400. The largest absolute Gasteiger partial charge is 0.480 e. The van der Waals surface area contributed by atoms with E-state index in [0.29, 0.717) is 6.54 Å². The monoisotopic (exact) mass is 242 g/mol. The van der Waals surface area contributed by atoms with Gasteiger partial charge in [-0.25, -0.2) is 9.59 Å². The highest BCUT2D eigenvalue weighted by atomic mass is 32.1. The van der Waals surface area contributed by atoms with E-state index >= 15 is 0 Å². The molecule has 6 heteroatoms. The predicted octanol–water partition coefficient (Wildman–Crippen LogP) is 1.36. The standard InChI is InChI=1S/C10H14N2O3S/c1-7(9(13)14)12(2)10(15)11-6-8-4-3-5-16-8/h3-5,7H,6H2,1-2H3,(H,11,15)(H,13,14). The van der Waals surface area contributed by atoms with Crippen molar-refractivity contribution in [2.24, 2.45) is 0 Å². The number of carbonyl (C=O) groups is 2. The number of hydrogen-bond donors (Lipinski definition) is 2. The van der Waals surface area contributed by atoms with Gasteiger partial charge in [0.15, 0.2) is 0 Å². The molecule has 0 bridgehead atoms. The van der Waals surface area contributed by atoms with Crippen molar-refractivity contribution in [2.75, 3.05) is 7.05 Å². The van der Waals surface area contributed by atoms with Gasteiger partial charge in [-0.1, -0.05) is 6.07 Å². The summed E-state index contributed by atoms with van der Waals surface area (Å²) in [7, 11) is 1.46. The highest BCUT2D eigenvalue weighted by molar-refractivity contribution is 7.09. The Morgan fingerprint density at radius 1 is 1.62 bits per heavy atom. The highest BCUT2D eigenvalue weighted by Crippen LogP contribution is 2.07. The number of likely N-dealkylation sites (N-methyl/N-ethyl adjacent to an activating group) is 1. The fourth-order valence-corrected chi connectivity index (χ4v) is 1.69. The maximum atomic E-state index is 11.5. The zero-order chi connectivity index (χ0) is 12.1. The number of amides is 2. The van der Waals surface area contributed by atoms with Crippen LogP contribution < -0.4 is 5.32 Å². The van der Waals surface area contributed by atoms with Gasteiger partial charge in [-0.3, -0.25) is 0 Å². The number of carboxylic acid groups (broad SMARTS) is 1. The Bertz CT molecular complexity index is 364. The van der Waals surface area contributed by atoms with Crippen LogP contribution in [-0.4, -0.2) is 35.1 Å². The SMILES string of the molecule is CC(C(=O)O)N(C)C(=O)NCc1cccs1. The molecule has 0 saturated heterocycles. The second-order valence-corrected chi connectivity index (χ2v) is 4.40. The molecule has 0 radical (unpaired) electrons. The van der Waals surface area contributed by atoms with Crippen molar-refractivity contribution in [3.8, 4) is 0 Å². The van der Waals surface area contributed by atoms with Crippen LogP contribution in [0.2, 0.25) is 0 Å². The van der Waals surface area contributed by atoms with E-state index in [1.165, 1.54) is 14.0 Å². The van der Waals surface area contributed by atoms with Crippen LogP contribution >= 0.6 is 11.3 Å². The van der Waals surface area contributed by atoms with Gasteiger partial charge >= 0.3 is 12.0 Å². The molecular weight excluding hydrogens is 228 g/mol. The Balaban J connectivity index is 2.43. The van der Waals surface area contributed by atoms with Crippen LogP contribution in [0.15, 0.2) is 17.5 Å². The van der Waals surface area contributed by atoms with E-state index in [1.54, 1.807) is 11.3 Å². The molecule has 1 rings (SSSR count). The molecule has 0 saturated carbocycles. The second kappa shape index (κ2) is 5.50. The predicted molar refractivity (Wildman–Crippen MR) is 61.4 cm³/mol. The summed E-state index contributed by atoms with van der Waals surface area (Å²) in [5.41, 5.74) is 0. The van der Waals surface area contributed by atoms with E-state index in [-0.39, 0.29) is 6.03 Å². The van der Waals surface area contributed by atoms with Crippen molar-refractivity contribution in [3.05, 3.63) is 22.4 Å². The Morgan fingerprint density at radius 3 is 2.81 bits per heavy atom. The number of urea groups is 1. The average molecular weight is 242 g/mol. The molecule has 0 fully saturated rings. The maximum Gasteiger partial charge on any atom is 0.326 e. The molecule has 1 heterocycles. The first kappa shape index (κ1) is 12.5.